The molecule has 0 bridgehead atoms. The number of rotatable bonds is 5. The fourth-order valence-electron chi connectivity index (χ4n) is 2.09. The predicted octanol–water partition coefficient (Wildman–Crippen LogP) is 4.30. The van der Waals surface area contributed by atoms with E-state index in [4.69, 9.17) is 28.0 Å². The molecule has 0 amide bonds. The van der Waals surface area contributed by atoms with E-state index in [0.717, 1.165) is 5.56 Å². The molecule has 0 radical (unpaired) electrons. The molecule has 1 heterocycles. The highest BCUT2D eigenvalue weighted by Gasteiger charge is 2.36. The minimum absolute atomic E-state index is 0.418. The molecule has 2 aromatic rings. The first-order valence-electron chi connectivity index (χ1n) is 6.02. The Kier molecular flexibility index (Phi) is 4.35. The Balaban J connectivity index is 2.48. The second kappa shape index (κ2) is 5.85. The Morgan fingerprint density at radius 1 is 1.40 bits per heavy atom. The highest BCUT2D eigenvalue weighted by Crippen LogP contribution is 2.39. The van der Waals surface area contributed by atoms with E-state index in [1.165, 1.54) is 0 Å². The third-order valence-corrected chi connectivity index (χ3v) is 3.80. The zero-order valence-corrected chi connectivity index (χ0v) is 12.8. The summed E-state index contributed by atoms with van der Waals surface area (Å²) in [6.45, 7) is 7.42. The molecule has 1 unspecified atom stereocenters. The lowest BCUT2D eigenvalue weighted by Crippen LogP contribution is -2.34. The smallest absolute Gasteiger partial charge is 0.176 e. The van der Waals surface area contributed by atoms with Gasteiger partial charge in [-0.1, -0.05) is 29.3 Å². The van der Waals surface area contributed by atoms with Crippen LogP contribution in [0.5, 0.6) is 0 Å². The summed E-state index contributed by atoms with van der Waals surface area (Å²) in [6.07, 6.45) is 4.88. The zero-order chi connectivity index (χ0) is 14.8. The molecule has 1 aromatic heterocycles. The maximum Gasteiger partial charge on any atom is 0.176 e. The molecule has 2 rings (SSSR count). The SMILES string of the molecule is C=NOC(c1ccc(Cl)cc1Cl)C(C)(C)n1ccnc1. The van der Waals surface area contributed by atoms with Crippen molar-refractivity contribution in [1.82, 2.24) is 9.55 Å². The van der Waals surface area contributed by atoms with Crippen molar-refractivity contribution in [2.75, 3.05) is 0 Å². The molecule has 4 nitrogen and oxygen atoms in total. The maximum absolute atomic E-state index is 6.28. The van der Waals surface area contributed by atoms with Crippen molar-refractivity contribution in [3.8, 4) is 0 Å². The number of benzene rings is 1. The number of imidazole rings is 1. The van der Waals surface area contributed by atoms with E-state index in [-0.39, 0.29) is 0 Å². The molecular formula is C14H15Cl2N3O. The Labute approximate surface area is 128 Å². The molecule has 0 saturated carbocycles. The van der Waals surface area contributed by atoms with Crippen LogP contribution >= 0.6 is 23.2 Å². The summed E-state index contributed by atoms with van der Waals surface area (Å²) < 4.78 is 1.94. The molecule has 0 aliphatic rings. The fraction of sp³-hybridized carbons (Fsp3) is 0.286. The topological polar surface area (TPSA) is 39.4 Å². The number of nitrogens with zero attached hydrogens (tertiary/aromatic N) is 3. The van der Waals surface area contributed by atoms with E-state index < -0.39 is 11.6 Å². The predicted molar refractivity (Wildman–Crippen MR) is 81.4 cm³/mol. The summed E-state index contributed by atoms with van der Waals surface area (Å²) in [7, 11) is 0. The van der Waals surface area contributed by atoms with Crippen LogP contribution in [0.2, 0.25) is 10.0 Å². The largest absolute Gasteiger partial charge is 0.386 e. The van der Waals surface area contributed by atoms with Crippen LogP contribution in [-0.2, 0) is 10.4 Å². The van der Waals surface area contributed by atoms with Gasteiger partial charge in [-0.2, -0.15) is 0 Å². The molecule has 20 heavy (non-hydrogen) atoms. The van der Waals surface area contributed by atoms with Gasteiger partial charge in [0.25, 0.3) is 0 Å². The van der Waals surface area contributed by atoms with Gasteiger partial charge in [0, 0.05) is 34.7 Å². The van der Waals surface area contributed by atoms with Crippen molar-refractivity contribution in [1.29, 1.82) is 0 Å². The average molecular weight is 312 g/mol. The number of halogens is 2. The Bertz CT molecular complexity index is 596. The first-order chi connectivity index (χ1) is 9.46. The van der Waals surface area contributed by atoms with Gasteiger partial charge in [-0.15, -0.1) is 5.16 Å². The van der Waals surface area contributed by atoms with E-state index in [2.05, 4.69) is 16.9 Å². The Hall–Kier alpha value is -1.52. The zero-order valence-electron chi connectivity index (χ0n) is 11.3. The summed E-state index contributed by atoms with van der Waals surface area (Å²) in [6, 6.07) is 5.29. The van der Waals surface area contributed by atoms with E-state index in [1.807, 2.05) is 30.7 Å². The molecule has 0 saturated heterocycles. The normalized spacial score (nSPS) is 13.0. The molecule has 106 valence electrons. The van der Waals surface area contributed by atoms with Crippen molar-refractivity contribution in [3.63, 3.8) is 0 Å². The van der Waals surface area contributed by atoms with Crippen LogP contribution in [-0.4, -0.2) is 16.3 Å². The van der Waals surface area contributed by atoms with Gasteiger partial charge in [0.2, 0.25) is 0 Å². The first kappa shape index (κ1) is 14.9. The van der Waals surface area contributed by atoms with E-state index in [0.29, 0.717) is 10.0 Å². The fourth-order valence-corrected chi connectivity index (χ4v) is 2.60. The standard InChI is InChI=1S/C14H15Cl2N3O/c1-14(2,19-7-6-18-9-19)13(20-17-3)11-5-4-10(15)8-12(11)16/h4-9,13H,3H2,1-2H3. The number of hydrogen-bond acceptors (Lipinski definition) is 3. The number of aromatic nitrogens is 2. The molecule has 0 aliphatic heterocycles. The lowest BCUT2D eigenvalue weighted by atomic mass is 9.91. The minimum atomic E-state index is -0.449. The number of hydrogen-bond donors (Lipinski definition) is 0. The quantitative estimate of drug-likeness (QED) is 0.610. The van der Waals surface area contributed by atoms with Crippen LogP contribution in [0.1, 0.15) is 25.5 Å². The van der Waals surface area contributed by atoms with Crippen LogP contribution in [0.25, 0.3) is 0 Å². The number of oxime groups is 1. The summed E-state index contributed by atoms with van der Waals surface area (Å²) in [4.78, 5) is 9.54. The van der Waals surface area contributed by atoms with Gasteiger partial charge >= 0.3 is 0 Å². The van der Waals surface area contributed by atoms with E-state index in [1.54, 1.807) is 24.7 Å². The third kappa shape index (κ3) is 2.81. The summed E-state index contributed by atoms with van der Waals surface area (Å²) in [5.41, 5.74) is 0.344. The van der Waals surface area contributed by atoms with Gasteiger partial charge < -0.3 is 9.40 Å². The second-order valence-electron chi connectivity index (χ2n) is 4.90. The highest BCUT2D eigenvalue weighted by atomic mass is 35.5. The molecule has 0 spiro atoms. The van der Waals surface area contributed by atoms with Gasteiger partial charge in [-0.25, -0.2) is 4.98 Å². The van der Waals surface area contributed by atoms with Crippen molar-refractivity contribution >= 4 is 29.9 Å². The van der Waals surface area contributed by atoms with Gasteiger partial charge in [0.05, 0.1) is 11.9 Å². The first-order valence-corrected chi connectivity index (χ1v) is 6.77. The summed E-state index contributed by atoms with van der Waals surface area (Å²) >= 11 is 12.2. The van der Waals surface area contributed by atoms with Crippen molar-refractivity contribution in [3.05, 3.63) is 52.5 Å². The van der Waals surface area contributed by atoms with Crippen molar-refractivity contribution < 1.29 is 4.84 Å². The van der Waals surface area contributed by atoms with Gasteiger partial charge in [-0.05, 0) is 26.0 Å². The lowest BCUT2D eigenvalue weighted by Gasteiger charge is -2.34. The summed E-state index contributed by atoms with van der Waals surface area (Å²) in [5, 5.41) is 4.68. The minimum Gasteiger partial charge on any atom is -0.386 e. The Morgan fingerprint density at radius 3 is 2.70 bits per heavy atom. The summed E-state index contributed by atoms with van der Waals surface area (Å²) in [5.74, 6) is 0. The molecule has 0 N–H and O–H groups in total. The van der Waals surface area contributed by atoms with Crippen LogP contribution < -0.4 is 0 Å². The maximum atomic E-state index is 6.28. The lowest BCUT2D eigenvalue weighted by molar-refractivity contribution is -0.0176. The molecule has 0 fully saturated rings. The van der Waals surface area contributed by atoms with E-state index >= 15 is 0 Å². The molecular weight excluding hydrogens is 297 g/mol. The molecule has 6 heteroatoms. The van der Waals surface area contributed by atoms with Crippen molar-refractivity contribution in [2.24, 2.45) is 5.16 Å². The highest BCUT2D eigenvalue weighted by molar-refractivity contribution is 6.35. The van der Waals surface area contributed by atoms with Gasteiger partial charge in [-0.3, -0.25) is 0 Å². The van der Waals surface area contributed by atoms with Crippen LogP contribution in [0.15, 0.2) is 42.1 Å². The molecule has 1 aromatic carbocycles. The molecule has 1 atom stereocenters. The molecule has 0 aliphatic carbocycles. The third-order valence-electron chi connectivity index (χ3n) is 3.24. The Morgan fingerprint density at radius 2 is 2.15 bits per heavy atom. The monoisotopic (exact) mass is 311 g/mol. The van der Waals surface area contributed by atoms with Gasteiger partial charge in [0.1, 0.15) is 0 Å². The van der Waals surface area contributed by atoms with Gasteiger partial charge in [0.15, 0.2) is 6.10 Å². The van der Waals surface area contributed by atoms with Crippen LogP contribution in [0.4, 0.5) is 0 Å². The second-order valence-corrected chi connectivity index (χ2v) is 5.75. The van der Waals surface area contributed by atoms with Crippen LogP contribution in [0.3, 0.4) is 0 Å². The average Bonchev–Trinajstić information content (AvgIpc) is 2.91. The van der Waals surface area contributed by atoms with Crippen molar-refractivity contribution in [2.45, 2.75) is 25.5 Å². The van der Waals surface area contributed by atoms with E-state index in [9.17, 15) is 0 Å². The van der Waals surface area contributed by atoms with Crippen LogP contribution in [0, 0.1) is 0 Å².